The number of hydrogen-bond acceptors (Lipinski definition) is 4. The molecule has 0 aliphatic carbocycles. The van der Waals surface area contributed by atoms with E-state index in [9.17, 15) is 14.3 Å². The fourth-order valence-corrected chi connectivity index (χ4v) is 5.31. The average Bonchev–Trinajstić information content (AvgIpc) is 3.21. The lowest BCUT2D eigenvalue weighted by molar-refractivity contribution is -0.137. The largest absolute Gasteiger partial charge is 0.492 e. The van der Waals surface area contributed by atoms with Gasteiger partial charge < -0.3 is 19.7 Å². The van der Waals surface area contributed by atoms with Gasteiger partial charge in [-0.1, -0.05) is 18.2 Å². The number of benzene rings is 2. The predicted octanol–water partition coefficient (Wildman–Crippen LogP) is 5.10. The standard InChI is InChI=1S/C28H35F2N3O3/c1-18-17-21-20-7-4-5-8-23(20)31-27(21)28(33(18)14-11-25(34)35)26-19(2)24(10-9-22(26)30)36-16-15-32(3)13-6-12-29/h4-5,7-10,18,28,31H,6,11-17H2,1-3H3,(H,34,35)/t18-,28-/m1/s1. The normalized spacial score (nSPS) is 18.1. The number of carboxylic acids is 1. The van der Waals surface area contributed by atoms with Gasteiger partial charge in [0.25, 0.3) is 0 Å². The summed E-state index contributed by atoms with van der Waals surface area (Å²) in [5.41, 5.74) is 4.24. The first-order valence-corrected chi connectivity index (χ1v) is 12.5. The average molecular weight is 500 g/mol. The van der Waals surface area contributed by atoms with Crippen LogP contribution in [0.5, 0.6) is 5.75 Å². The summed E-state index contributed by atoms with van der Waals surface area (Å²) in [6.45, 7) is 5.56. The molecule has 0 saturated heterocycles. The lowest BCUT2D eigenvalue weighted by Crippen LogP contribution is -2.44. The second-order valence-corrected chi connectivity index (χ2v) is 9.68. The van der Waals surface area contributed by atoms with E-state index in [0.29, 0.717) is 49.5 Å². The number of fused-ring (bicyclic) bond motifs is 3. The van der Waals surface area contributed by atoms with Gasteiger partial charge in [0.05, 0.1) is 19.1 Å². The number of nitrogens with one attached hydrogen (secondary N) is 1. The topological polar surface area (TPSA) is 68.8 Å². The van der Waals surface area contributed by atoms with Gasteiger partial charge in [-0.3, -0.25) is 14.1 Å². The Morgan fingerprint density at radius 1 is 1.25 bits per heavy atom. The van der Waals surface area contributed by atoms with Gasteiger partial charge in [-0.15, -0.1) is 0 Å². The van der Waals surface area contributed by atoms with Crippen molar-refractivity contribution in [1.29, 1.82) is 0 Å². The van der Waals surface area contributed by atoms with Crippen LogP contribution in [-0.4, -0.2) is 71.9 Å². The van der Waals surface area contributed by atoms with E-state index < -0.39 is 12.0 Å². The summed E-state index contributed by atoms with van der Waals surface area (Å²) in [4.78, 5) is 19.1. The number of alkyl halides is 1. The zero-order valence-electron chi connectivity index (χ0n) is 21.2. The van der Waals surface area contributed by atoms with Crippen molar-refractivity contribution < 1.29 is 23.4 Å². The Labute approximate surface area is 210 Å². The first-order chi connectivity index (χ1) is 17.3. The van der Waals surface area contributed by atoms with Crippen molar-refractivity contribution in [1.82, 2.24) is 14.8 Å². The van der Waals surface area contributed by atoms with E-state index in [-0.39, 0.29) is 25.0 Å². The van der Waals surface area contributed by atoms with Crippen molar-refractivity contribution in [2.45, 2.75) is 45.2 Å². The molecule has 6 nitrogen and oxygen atoms in total. The van der Waals surface area contributed by atoms with Gasteiger partial charge in [0.15, 0.2) is 0 Å². The summed E-state index contributed by atoms with van der Waals surface area (Å²) in [6.07, 6.45) is 1.20. The van der Waals surface area contributed by atoms with Gasteiger partial charge in [-0.25, -0.2) is 4.39 Å². The fraction of sp³-hybridized carbons (Fsp3) is 0.464. The van der Waals surface area contributed by atoms with E-state index in [0.717, 1.165) is 28.6 Å². The van der Waals surface area contributed by atoms with Gasteiger partial charge in [-0.05, 0) is 63.1 Å². The number of para-hydroxylation sites is 1. The summed E-state index contributed by atoms with van der Waals surface area (Å²) in [5.74, 6) is -0.627. The van der Waals surface area contributed by atoms with Gasteiger partial charge in [0.1, 0.15) is 18.2 Å². The summed E-state index contributed by atoms with van der Waals surface area (Å²) in [7, 11) is 1.92. The molecule has 8 heteroatoms. The number of rotatable bonds is 11. The molecule has 2 heterocycles. The SMILES string of the molecule is Cc1c(OCCN(C)CCCF)ccc(F)c1[C@@H]1c2[nH]c3ccccc3c2C[C@@H](C)N1CCC(=O)O. The van der Waals surface area contributed by atoms with Crippen molar-refractivity contribution in [3.63, 3.8) is 0 Å². The molecule has 36 heavy (non-hydrogen) atoms. The second-order valence-electron chi connectivity index (χ2n) is 9.68. The van der Waals surface area contributed by atoms with E-state index in [2.05, 4.69) is 22.9 Å². The molecule has 2 aromatic carbocycles. The lowest BCUT2D eigenvalue weighted by Gasteiger charge is -2.41. The molecule has 1 aliphatic rings. The smallest absolute Gasteiger partial charge is 0.304 e. The van der Waals surface area contributed by atoms with E-state index in [1.807, 2.05) is 37.1 Å². The van der Waals surface area contributed by atoms with E-state index in [4.69, 9.17) is 4.74 Å². The number of likely N-dealkylation sites (N-methyl/N-ethyl adjacent to an activating group) is 1. The number of carbonyl (C=O) groups is 1. The molecule has 4 rings (SSSR count). The minimum Gasteiger partial charge on any atom is -0.492 e. The van der Waals surface area contributed by atoms with Gasteiger partial charge >= 0.3 is 5.97 Å². The Kier molecular flexibility index (Phi) is 8.26. The molecule has 0 amide bonds. The minimum absolute atomic E-state index is 0.0218. The van der Waals surface area contributed by atoms with Crippen LogP contribution >= 0.6 is 0 Å². The zero-order chi connectivity index (χ0) is 25.8. The summed E-state index contributed by atoms with van der Waals surface area (Å²) < 4.78 is 34.1. The van der Waals surface area contributed by atoms with E-state index >= 15 is 4.39 Å². The molecule has 1 aliphatic heterocycles. The highest BCUT2D eigenvalue weighted by Crippen LogP contribution is 2.44. The molecule has 0 fully saturated rings. The first kappa shape index (κ1) is 26.1. The van der Waals surface area contributed by atoms with Crippen LogP contribution in [0.3, 0.4) is 0 Å². The van der Waals surface area contributed by atoms with Crippen LogP contribution in [0.25, 0.3) is 10.9 Å². The van der Waals surface area contributed by atoms with Gasteiger partial charge in [0, 0.05) is 47.8 Å². The monoisotopic (exact) mass is 499 g/mol. The maximum Gasteiger partial charge on any atom is 0.304 e. The van der Waals surface area contributed by atoms with Crippen LogP contribution in [0, 0.1) is 12.7 Å². The maximum absolute atomic E-state index is 15.6. The molecule has 0 unspecified atom stereocenters. The van der Waals surface area contributed by atoms with Crippen LogP contribution in [-0.2, 0) is 11.2 Å². The quantitative estimate of drug-likeness (QED) is 0.384. The Morgan fingerprint density at radius 3 is 2.78 bits per heavy atom. The number of halogens is 2. The number of aliphatic carboxylic acids is 1. The first-order valence-electron chi connectivity index (χ1n) is 12.5. The van der Waals surface area contributed by atoms with Crippen LogP contribution in [0.2, 0.25) is 0 Å². The van der Waals surface area contributed by atoms with Crippen molar-refractivity contribution in [2.75, 3.05) is 40.0 Å². The fourth-order valence-electron chi connectivity index (χ4n) is 5.31. The van der Waals surface area contributed by atoms with Crippen LogP contribution in [0.1, 0.15) is 48.2 Å². The van der Waals surface area contributed by atoms with Crippen molar-refractivity contribution >= 4 is 16.9 Å². The van der Waals surface area contributed by atoms with Gasteiger partial charge in [0.2, 0.25) is 0 Å². The Hall–Kier alpha value is -2.97. The van der Waals surface area contributed by atoms with Crippen molar-refractivity contribution in [3.05, 3.63) is 64.6 Å². The second kappa shape index (κ2) is 11.4. The molecule has 3 aromatic rings. The van der Waals surface area contributed by atoms with Crippen molar-refractivity contribution in [3.8, 4) is 5.75 Å². The highest BCUT2D eigenvalue weighted by atomic mass is 19.1. The summed E-state index contributed by atoms with van der Waals surface area (Å²) in [6, 6.07) is 10.7. The number of hydrogen-bond donors (Lipinski definition) is 2. The Balaban J connectivity index is 1.72. The molecule has 2 N–H and O–H groups in total. The highest BCUT2D eigenvalue weighted by molar-refractivity contribution is 5.85. The number of H-pyrrole nitrogens is 1. The molecule has 0 spiro atoms. The summed E-state index contributed by atoms with van der Waals surface area (Å²) in [5, 5.41) is 10.5. The lowest BCUT2D eigenvalue weighted by atomic mass is 9.86. The third-order valence-corrected chi connectivity index (χ3v) is 7.19. The van der Waals surface area contributed by atoms with Crippen LogP contribution in [0.15, 0.2) is 36.4 Å². The van der Waals surface area contributed by atoms with Crippen LogP contribution in [0.4, 0.5) is 8.78 Å². The molecule has 0 radical (unpaired) electrons. The molecule has 2 atom stereocenters. The van der Waals surface area contributed by atoms with Crippen LogP contribution < -0.4 is 4.74 Å². The van der Waals surface area contributed by atoms with Gasteiger partial charge in [-0.2, -0.15) is 0 Å². The zero-order valence-corrected chi connectivity index (χ0v) is 21.2. The molecule has 1 aromatic heterocycles. The van der Waals surface area contributed by atoms with E-state index in [1.54, 1.807) is 6.07 Å². The molecule has 0 saturated carbocycles. The summed E-state index contributed by atoms with van der Waals surface area (Å²) >= 11 is 0. The third-order valence-electron chi connectivity index (χ3n) is 7.19. The Bertz CT molecular complexity index is 1210. The molecular weight excluding hydrogens is 464 g/mol. The number of nitrogens with zero attached hydrogens (tertiary/aromatic N) is 2. The molecule has 0 bridgehead atoms. The highest BCUT2D eigenvalue weighted by Gasteiger charge is 2.38. The maximum atomic E-state index is 15.6. The third kappa shape index (κ3) is 5.39. The Morgan fingerprint density at radius 2 is 2.03 bits per heavy atom. The van der Waals surface area contributed by atoms with E-state index in [1.165, 1.54) is 6.07 Å². The predicted molar refractivity (Wildman–Crippen MR) is 137 cm³/mol. The number of aromatic nitrogens is 1. The van der Waals surface area contributed by atoms with Crippen molar-refractivity contribution in [2.24, 2.45) is 0 Å². The minimum atomic E-state index is -0.880. The number of aromatic amines is 1. The number of carboxylic acid groups (broad SMARTS) is 1. The number of ether oxygens (including phenoxy) is 1. The molecule has 194 valence electrons. The molecular formula is C28H35F2N3O3.